The number of anilines is 1. The van der Waals surface area contributed by atoms with E-state index in [4.69, 9.17) is 5.73 Å². The van der Waals surface area contributed by atoms with Gasteiger partial charge in [0.15, 0.2) is 0 Å². The number of pyridine rings is 1. The van der Waals surface area contributed by atoms with Gasteiger partial charge in [0.25, 0.3) is 5.56 Å². The van der Waals surface area contributed by atoms with E-state index in [1.807, 2.05) is 0 Å². The van der Waals surface area contributed by atoms with E-state index in [9.17, 15) is 4.79 Å². The third kappa shape index (κ3) is 1.03. The zero-order valence-corrected chi connectivity index (χ0v) is 6.06. The van der Waals surface area contributed by atoms with Crippen LogP contribution >= 0.6 is 0 Å². The molecule has 0 atom stereocenters. The van der Waals surface area contributed by atoms with Crippen LogP contribution in [0.1, 0.15) is 11.3 Å². The standard InChI is InChI=1S/C7H10N2O/c1-4-3-6(8)5(2)9-7(4)10/h3H,8H2,1-2H3,(H,9,10). The van der Waals surface area contributed by atoms with Gasteiger partial charge in [0.05, 0.1) is 5.69 Å². The van der Waals surface area contributed by atoms with Gasteiger partial charge in [-0.1, -0.05) is 0 Å². The van der Waals surface area contributed by atoms with Crippen LogP contribution < -0.4 is 11.3 Å². The first-order valence-electron chi connectivity index (χ1n) is 3.07. The molecule has 1 heterocycles. The molecule has 0 radical (unpaired) electrons. The molecule has 1 rings (SSSR count). The number of aryl methyl sites for hydroxylation is 2. The molecule has 1 aromatic rings. The van der Waals surface area contributed by atoms with Crippen molar-refractivity contribution >= 4 is 5.69 Å². The fourth-order valence-corrected chi connectivity index (χ4v) is 0.748. The molecule has 0 aliphatic carbocycles. The van der Waals surface area contributed by atoms with Gasteiger partial charge in [0.1, 0.15) is 0 Å². The highest BCUT2D eigenvalue weighted by Crippen LogP contribution is 2.04. The summed E-state index contributed by atoms with van der Waals surface area (Å²) in [5.41, 5.74) is 7.48. The molecule has 1 aromatic heterocycles. The summed E-state index contributed by atoms with van der Waals surface area (Å²) < 4.78 is 0. The highest BCUT2D eigenvalue weighted by atomic mass is 16.1. The third-order valence-corrected chi connectivity index (χ3v) is 1.46. The number of H-pyrrole nitrogens is 1. The van der Waals surface area contributed by atoms with Crippen LogP contribution in [0.5, 0.6) is 0 Å². The Balaban J connectivity index is 3.43. The van der Waals surface area contributed by atoms with E-state index in [2.05, 4.69) is 4.98 Å². The van der Waals surface area contributed by atoms with Gasteiger partial charge in [-0.05, 0) is 19.9 Å². The summed E-state index contributed by atoms with van der Waals surface area (Å²) in [7, 11) is 0. The number of hydrogen-bond donors (Lipinski definition) is 2. The average Bonchev–Trinajstić information content (AvgIpc) is 1.84. The zero-order chi connectivity index (χ0) is 7.72. The van der Waals surface area contributed by atoms with E-state index in [0.717, 1.165) is 5.69 Å². The van der Waals surface area contributed by atoms with E-state index in [1.165, 1.54) is 0 Å². The third-order valence-electron chi connectivity index (χ3n) is 1.46. The van der Waals surface area contributed by atoms with Gasteiger partial charge in [-0.2, -0.15) is 0 Å². The minimum absolute atomic E-state index is 0.0632. The van der Waals surface area contributed by atoms with Crippen LogP contribution in [0.3, 0.4) is 0 Å². The lowest BCUT2D eigenvalue weighted by Crippen LogP contribution is -2.11. The average molecular weight is 138 g/mol. The van der Waals surface area contributed by atoms with Crippen molar-refractivity contribution < 1.29 is 0 Å². The van der Waals surface area contributed by atoms with Crippen LogP contribution in [0.2, 0.25) is 0 Å². The first-order valence-corrected chi connectivity index (χ1v) is 3.07. The lowest BCUT2D eigenvalue weighted by atomic mass is 10.2. The molecule has 0 unspecified atom stereocenters. The number of nitrogens with two attached hydrogens (primary N) is 1. The number of rotatable bonds is 0. The van der Waals surface area contributed by atoms with Crippen molar-refractivity contribution in [3.8, 4) is 0 Å². The topological polar surface area (TPSA) is 58.9 Å². The zero-order valence-electron chi connectivity index (χ0n) is 6.06. The predicted octanol–water partition coefficient (Wildman–Crippen LogP) is 0.574. The Morgan fingerprint density at radius 2 is 2.10 bits per heavy atom. The molecule has 0 amide bonds. The Bertz CT molecular complexity index is 301. The van der Waals surface area contributed by atoms with Gasteiger partial charge in [0, 0.05) is 11.3 Å². The van der Waals surface area contributed by atoms with E-state index in [-0.39, 0.29) is 5.56 Å². The van der Waals surface area contributed by atoms with Crippen molar-refractivity contribution in [3.63, 3.8) is 0 Å². The van der Waals surface area contributed by atoms with E-state index < -0.39 is 0 Å². The summed E-state index contributed by atoms with van der Waals surface area (Å²) in [6.07, 6.45) is 0. The van der Waals surface area contributed by atoms with Crippen LogP contribution in [0.4, 0.5) is 5.69 Å². The molecule has 0 saturated heterocycles. The maximum atomic E-state index is 10.9. The van der Waals surface area contributed by atoms with E-state index in [0.29, 0.717) is 11.3 Å². The summed E-state index contributed by atoms with van der Waals surface area (Å²) >= 11 is 0. The second-order valence-corrected chi connectivity index (χ2v) is 2.36. The summed E-state index contributed by atoms with van der Waals surface area (Å²) in [6.45, 7) is 3.50. The van der Waals surface area contributed by atoms with Crippen LogP contribution in [-0.2, 0) is 0 Å². The van der Waals surface area contributed by atoms with Crippen molar-refractivity contribution in [2.45, 2.75) is 13.8 Å². The fourth-order valence-electron chi connectivity index (χ4n) is 0.748. The Hall–Kier alpha value is -1.25. The van der Waals surface area contributed by atoms with Crippen LogP contribution in [0.15, 0.2) is 10.9 Å². The number of hydrogen-bond acceptors (Lipinski definition) is 2. The van der Waals surface area contributed by atoms with Crippen molar-refractivity contribution in [2.75, 3.05) is 5.73 Å². The molecule has 54 valence electrons. The molecule has 3 heteroatoms. The minimum atomic E-state index is -0.0632. The van der Waals surface area contributed by atoms with E-state index in [1.54, 1.807) is 19.9 Å². The molecule has 3 N–H and O–H groups in total. The highest BCUT2D eigenvalue weighted by Gasteiger charge is 1.96. The molecule has 0 aliphatic rings. The number of nitrogens with one attached hydrogen (secondary N) is 1. The number of aromatic nitrogens is 1. The summed E-state index contributed by atoms with van der Waals surface area (Å²) in [5.74, 6) is 0. The molecule has 0 spiro atoms. The van der Waals surface area contributed by atoms with Crippen molar-refractivity contribution in [3.05, 3.63) is 27.7 Å². The maximum absolute atomic E-state index is 10.9. The van der Waals surface area contributed by atoms with Gasteiger partial charge in [-0.3, -0.25) is 4.79 Å². The molecular formula is C7H10N2O. The molecule has 0 saturated carbocycles. The largest absolute Gasteiger partial charge is 0.397 e. The highest BCUT2D eigenvalue weighted by molar-refractivity contribution is 5.43. The number of aromatic amines is 1. The molecular weight excluding hydrogens is 128 g/mol. The van der Waals surface area contributed by atoms with Gasteiger partial charge < -0.3 is 10.7 Å². The second-order valence-electron chi connectivity index (χ2n) is 2.36. The molecule has 0 fully saturated rings. The molecule has 0 bridgehead atoms. The Labute approximate surface area is 58.9 Å². The van der Waals surface area contributed by atoms with Crippen LogP contribution in [0.25, 0.3) is 0 Å². The van der Waals surface area contributed by atoms with Gasteiger partial charge in [-0.25, -0.2) is 0 Å². The molecule has 0 aliphatic heterocycles. The lowest BCUT2D eigenvalue weighted by molar-refractivity contribution is 1.11. The van der Waals surface area contributed by atoms with Crippen LogP contribution in [-0.4, -0.2) is 4.98 Å². The van der Waals surface area contributed by atoms with Crippen molar-refractivity contribution in [1.82, 2.24) is 4.98 Å². The van der Waals surface area contributed by atoms with Gasteiger partial charge in [0.2, 0.25) is 0 Å². The molecule has 10 heavy (non-hydrogen) atoms. The quantitative estimate of drug-likeness (QED) is 0.550. The fraction of sp³-hybridized carbons (Fsp3) is 0.286. The SMILES string of the molecule is Cc1[nH]c(=O)c(C)cc1N. The van der Waals surface area contributed by atoms with Gasteiger partial charge in [-0.15, -0.1) is 0 Å². The van der Waals surface area contributed by atoms with Gasteiger partial charge >= 0.3 is 0 Å². The first-order chi connectivity index (χ1) is 4.61. The summed E-state index contributed by atoms with van der Waals surface area (Å²) in [4.78, 5) is 13.5. The maximum Gasteiger partial charge on any atom is 0.251 e. The monoisotopic (exact) mass is 138 g/mol. The smallest absolute Gasteiger partial charge is 0.251 e. The Kier molecular flexibility index (Phi) is 1.49. The summed E-state index contributed by atoms with van der Waals surface area (Å²) in [6, 6.07) is 1.67. The van der Waals surface area contributed by atoms with E-state index >= 15 is 0 Å². The van der Waals surface area contributed by atoms with Crippen LogP contribution in [0, 0.1) is 13.8 Å². The Morgan fingerprint density at radius 3 is 2.60 bits per heavy atom. The predicted molar refractivity (Wildman–Crippen MR) is 40.9 cm³/mol. The normalized spacial score (nSPS) is 9.80. The molecule has 0 aromatic carbocycles. The Morgan fingerprint density at radius 1 is 1.50 bits per heavy atom. The second kappa shape index (κ2) is 2.17. The first kappa shape index (κ1) is 6.86. The lowest BCUT2D eigenvalue weighted by Gasteiger charge is -1.98. The van der Waals surface area contributed by atoms with Crippen molar-refractivity contribution in [2.24, 2.45) is 0 Å². The van der Waals surface area contributed by atoms with Crippen molar-refractivity contribution in [1.29, 1.82) is 0 Å². The summed E-state index contributed by atoms with van der Waals surface area (Å²) in [5, 5.41) is 0. The molecule has 3 nitrogen and oxygen atoms in total. The minimum Gasteiger partial charge on any atom is -0.397 e. The number of nitrogen functional groups attached to an aromatic ring is 1.